The number of hydrogen-bond acceptors (Lipinski definition) is 5. The Morgan fingerprint density at radius 1 is 1.25 bits per heavy atom. The minimum atomic E-state index is 0.613. The van der Waals surface area contributed by atoms with Gasteiger partial charge in [0.1, 0.15) is 6.33 Å². The summed E-state index contributed by atoms with van der Waals surface area (Å²) >= 11 is 0. The van der Waals surface area contributed by atoms with E-state index in [1.54, 1.807) is 12.5 Å². The summed E-state index contributed by atoms with van der Waals surface area (Å²) in [5, 5.41) is 13.4. The number of anilines is 2. The zero-order chi connectivity index (χ0) is 13.9. The van der Waals surface area contributed by atoms with Gasteiger partial charge in [-0.05, 0) is 25.1 Å². The van der Waals surface area contributed by atoms with Gasteiger partial charge in [0.05, 0.1) is 6.54 Å². The summed E-state index contributed by atoms with van der Waals surface area (Å²) in [4.78, 5) is 4.16. The lowest BCUT2D eigenvalue weighted by atomic mass is 10.1. The average Bonchev–Trinajstić information content (AvgIpc) is 2.94. The molecule has 3 aromatic rings. The van der Waals surface area contributed by atoms with Crippen molar-refractivity contribution in [3.05, 3.63) is 42.7 Å². The molecule has 0 unspecified atom stereocenters. The van der Waals surface area contributed by atoms with Crippen LogP contribution in [0.15, 0.2) is 36.9 Å². The van der Waals surface area contributed by atoms with Gasteiger partial charge in [-0.15, -0.1) is 10.2 Å². The number of pyridine rings is 1. The zero-order valence-electron chi connectivity index (χ0n) is 11.2. The molecule has 0 aliphatic carbocycles. The number of nitrogens with one attached hydrogen (secondary N) is 1. The molecule has 0 radical (unpaired) electrons. The predicted molar refractivity (Wildman–Crippen MR) is 79.2 cm³/mol. The molecule has 2 aromatic heterocycles. The Bertz CT molecular complexity index is 733. The molecule has 3 rings (SSSR count). The highest BCUT2D eigenvalue weighted by Gasteiger charge is 2.06. The van der Waals surface area contributed by atoms with Crippen LogP contribution >= 0.6 is 0 Å². The van der Waals surface area contributed by atoms with Gasteiger partial charge in [-0.1, -0.05) is 0 Å². The summed E-state index contributed by atoms with van der Waals surface area (Å²) in [5.74, 6) is 0.904. The molecule has 0 saturated heterocycles. The third-order valence-electron chi connectivity index (χ3n) is 3.33. The van der Waals surface area contributed by atoms with Crippen LogP contribution in [-0.4, -0.2) is 19.7 Å². The second-order valence-electron chi connectivity index (χ2n) is 4.51. The minimum Gasteiger partial charge on any atom is -0.398 e. The Morgan fingerprint density at radius 3 is 3.00 bits per heavy atom. The summed E-state index contributed by atoms with van der Waals surface area (Å²) in [5.41, 5.74) is 7.73. The molecule has 20 heavy (non-hydrogen) atoms. The van der Waals surface area contributed by atoms with Crippen molar-refractivity contribution in [2.45, 2.75) is 20.0 Å². The first-order valence-corrected chi connectivity index (χ1v) is 6.52. The first kappa shape index (κ1) is 12.4. The highest BCUT2D eigenvalue weighted by Crippen LogP contribution is 2.27. The first-order chi connectivity index (χ1) is 9.79. The molecular formula is C14H16N6. The van der Waals surface area contributed by atoms with E-state index in [0.29, 0.717) is 6.54 Å². The van der Waals surface area contributed by atoms with Crippen LogP contribution in [0.2, 0.25) is 0 Å². The number of nitrogen functional groups attached to an aromatic ring is 1. The molecule has 0 bridgehead atoms. The summed E-state index contributed by atoms with van der Waals surface area (Å²) in [7, 11) is 0. The van der Waals surface area contributed by atoms with Crippen LogP contribution in [0.5, 0.6) is 0 Å². The van der Waals surface area contributed by atoms with Crippen molar-refractivity contribution < 1.29 is 0 Å². The number of nitrogens with zero attached hydrogens (tertiary/aromatic N) is 4. The smallest absolute Gasteiger partial charge is 0.152 e. The highest BCUT2D eigenvalue weighted by atomic mass is 15.3. The van der Waals surface area contributed by atoms with Crippen molar-refractivity contribution in [1.29, 1.82) is 0 Å². The number of benzene rings is 1. The molecule has 3 N–H and O–H groups in total. The largest absolute Gasteiger partial charge is 0.398 e. The van der Waals surface area contributed by atoms with Gasteiger partial charge in [0.25, 0.3) is 0 Å². The topological polar surface area (TPSA) is 81.7 Å². The van der Waals surface area contributed by atoms with E-state index in [1.807, 2.05) is 29.0 Å². The Kier molecular flexibility index (Phi) is 3.20. The van der Waals surface area contributed by atoms with E-state index in [-0.39, 0.29) is 0 Å². The number of fused-ring (bicyclic) bond motifs is 1. The Labute approximate surface area is 116 Å². The van der Waals surface area contributed by atoms with Crippen LogP contribution in [0.3, 0.4) is 0 Å². The predicted octanol–water partition coefficient (Wildman–Crippen LogP) is 2.04. The first-order valence-electron chi connectivity index (χ1n) is 6.52. The fourth-order valence-corrected chi connectivity index (χ4v) is 2.22. The maximum absolute atomic E-state index is 5.98. The maximum Gasteiger partial charge on any atom is 0.152 e. The van der Waals surface area contributed by atoms with Gasteiger partial charge in [0, 0.05) is 41.1 Å². The van der Waals surface area contributed by atoms with Gasteiger partial charge in [-0.25, -0.2) is 0 Å². The van der Waals surface area contributed by atoms with E-state index in [4.69, 9.17) is 5.73 Å². The Morgan fingerprint density at radius 2 is 2.15 bits per heavy atom. The summed E-state index contributed by atoms with van der Waals surface area (Å²) in [6.45, 7) is 3.53. The number of rotatable bonds is 4. The lowest BCUT2D eigenvalue weighted by Crippen LogP contribution is -2.08. The van der Waals surface area contributed by atoms with E-state index in [1.165, 1.54) is 0 Å². The van der Waals surface area contributed by atoms with Crippen molar-refractivity contribution in [3.8, 4) is 0 Å². The summed E-state index contributed by atoms with van der Waals surface area (Å²) in [6.07, 6.45) is 5.30. The van der Waals surface area contributed by atoms with Crippen LogP contribution in [-0.2, 0) is 13.1 Å². The molecule has 1 aromatic carbocycles. The molecule has 0 atom stereocenters. The number of aryl methyl sites for hydroxylation is 1. The second-order valence-corrected chi connectivity index (χ2v) is 4.51. The Hall–Kier alpha value is -2.63. The molecule has 0 aliphatic heterocycles. The number of nitrogens with two attached hydrogens (primary N) is 1. The van der Waals surface area contributed by atoms with Crippen molar-refractivity contribution in [1.82, 2.24) is 19.7 Å². The molecule has 0 saturated carbocycles. The molecule has 6 heteroatoms. The fourth-order valence-electron chi connectivity index (χ4n) is 2.22. The maximum atomic E-state index is 5.98. The van der Waals surface area contributed by atoms with Crippen LogP contribution in [0.1, 0.15) is 12.7 Å². The van der Waals surface area contributed by atoms with Gasteiger partial charge in [-0.3, -0.25) is 4.98 Å². The molecule has 0 spiro atoms. The number of aromatic nitrogens is 4. The lowest BCUT2D eigenvalue weighted by molar-refractivity contribution is 0.708. The van der Waals surface area contributed by atoms with Crippen LogP contribution in [0.25, 0.3) is 10.8 Å². The Balaban J connectivity index is 1.90. The summed E-state index contributed by atoms with van der Waals surface area (Å²) < 4.78 is 2.00. The highest BCUT2D eigenvalue weighted by molar-refractivity contribution is 6.00. The van der Waals surface area contributed by atoms with E-state index >= 15 is 0 Å². The van der Waals surface area contributed by atoms with Crippen LogP contribution < -0.4 is 11.1 Å². The van der Waals surface area contributed by atoms with E-state index < -0.39 is 0 Å². The zero-order valence-corrected chi connectivity index (χ0v) is 11.2. The van der Waals surface area contributed by atoms with Crippen molar-refractivity contribution in [2.75, 3.05) is 11.1 Å². The normalized spacial score (nSPS) is 10.8. The monoisotopic (exact) mass is 268 g/mol. The number of hydrogen-bond donors (Lipinski definition) is 2. The SMILES string of the molecule is CCn1cnnc1CNc1ccc(N)c2ccncc12. The van der Waals surface area contributed by atoms with Gasteiger partial charge < -0.3 is 15.6 Å². The lowest BCUT2D eigenvalue weighted by Gasteiger charge is -2.11. The third kappa shape index (κ3) is 2.16. The van der Waals surface area contributed by atoms with Crippen molar-refractivity contribution >= 4 is 22.1 Å². The molecular weight excluding hydrogens is 252 g/mol. The van der Waals surface area contributed by atoms with Gasteiger partial charge in [-0.2, -0.15) is 0 Å². The van der Waals surface area contributed by atoms with Crippen molar-refractivity contribution in [2.24, 2.45) is 0 Å². The van der Waals surface area contributed by atoms with E-state index in [2.05, 4.69) is 27.4 Å². The van der Waals surface area contributed by atoms with E-state index in [9.17, 15) is 0 Å². The molecule has 102 valence electrons. The molecule has 2 heterocycles. The molecule has 6 nitrogen and oxygen atoms in total. The standard InChI is InChI=1S/C14H16N6/c1-2-20-9-18-19-14(20)8-17-13-4-3-12(15)10-5-6-16-7-11(10)13/h3-7,9,17H,2,8,15H2,1H3. The summed E-state index contributed by atoms with van der Waals surface area (Å²) in [6, 6.07) is 5.78. The van der Waals surface area contributed by atoms with Gasteiger partial charge in [0.2, 0.25) is 0 Å². The second kappa shape index (κ2) is 5.16. The molecule has 0 amide bonds. The van der Waals surface area contributed by atoms with Gasteiger partial charge >= 0.3 is 0 Å². The molecule has 0 fully saturated rings. The van der Waals surface area contributed by atoms with Gasteiger partial charge in [0.15, 0.2) is 5.82 Å². The van der Waals surface area contributed by atoms with Crippen LogP contribution in [0, 0.1) is 0 Å². The molecule has 0 aliphatic rings. The van der Waals surface area contributed by atoms with Crippen LogP contribution in [0.4, 0.5) is 11.4 Å². The third-order valence-corrected chi connectivity index (χ3v) is 3.33. The average molecular weight is 268 g/mol. The fraction of sp³-hybridized carbons (Fsp3) is 0.214. The van der Waals surface area contributed by atoms with E-state index in [0.717, 1.165) is 34.5 Å². The van der Waals surface area contributed by atoms with Crippen molar-refractivity contribution in [3.63, 3.8) is 0 Å². The minimum absolute atomic E-state index is 0.613. The quantitative estimate of drug-likeness (QED) is 0.708.